The van der Waals surface area contributed by atoms with Gasteiger partial charge in [0, 0.05) is 10.4 Å². The van der Waals surface area contributed by atoms with Gasteiger partial charge in [-0.25, -0.2) is 0 Å². The third-order valence-electron chi connectivity index (χ3n) is 0.0667. The van der Waals surface area contributed by atoms with E-state index in [1.54, 1.807) is 0 Å². The largest absolute Gasteiger partial charge is 3.00 e. The molecule has 0 aromatic rings. The summed E-state index contributed by atoms with van der Waals surface area (Å²) in [5.41, 5.74) is 0. The van der Waals surface area contributed by atoms with Crippen molar-refractivity contribution in [3.63, 3.8) is 0 Å². The standard InChI is InChI=1S/Al.H3O4P.H2O4S/c;1-4-5(2)3;1-5(2,3)4/h;1-3H;(H2,1,2,3,4)/q+3;;/p-3. The summed E-state index contributed by atoms with van der Waals surface area (Å²) in [4.78, 5) is 14.9. The molecule has 0 saturated heterocycles. The van der Waals surface area contributed by atoms with Crippen LogP contribution < -0.4 is 5.26 Å². The number of hydrogen-bond donors (Lipinski definition) is 2. The predicted octanol–water partition coefficient (Wildman–Crippen LogP) is -3.23. The van der Waals surface area contributed by atoms with Gasteiger partial charge in [0.1, 0.15) is 0 Å². The van der Waals surface area contributed by atoms with Crippen LogP contribution in [0.25, 0.3) is 0 Å². The maximum Gasteiger partial charge on any atom is 3.00 e. The molecule has 0 aromatic heterocycles. The van der Waals surface area contributed by atoms with E-state index in [4.69, 9.17) is 32.6 Å². The van der Waals surface area contributed by atoms with Crippen LogP contribution in [0.5, 0.6) is 0 Å². The zero-order chi connectivity index (χ0) is 8.78. The van der Waals surface area contributed by atoms with E-state index in [9.17, 15) is 0 Å². The maximum atomic E-state index is 8.66. The first-order valence-corrected chi connectivity index (χ1v) is 3.91. The normalized spacial score (nSPS) is 9.64. The van der Waals surface area contributed by atoms with E-state index in [-0.39, 0.29) is 17.4 Å². The van der Waals surface area contributed by atoms with Crippen LogP contribution in [0.3, 0.4) is 0 Å². The number of rotatable bonds is 1. The minimum atomic E-state index is -5.17. The summed E-state index contributed by atoms with van der Waals surface area (Å²) in [6, 6.07) is 0. The SMILES string of the molecule is O=S(=O)([O-])[O-].[Al+3].[O-]OP(O)O. The van der Waals surface area contributed by atoms with Crippen molar-refractivity contribution in [2.45, 2.75) is 0 Å². The van der Waals surface area contributed by atoms with Crippen molar-refractivity contribution >= 4 is 36.4 Å². The van der Waals surface area contributed by atoms with Gasteiger partial charge in [0.25, 0.3) is 0 Å². The smallest absolute Gasteiger partial charge is 0.759 e. The summed E-state index contributed by atoms with van der Waals surface area (Å²) in [6.07, 6.45) is 0. The molecule has 0 heterocycles. The molecule has 0 aliphatic carbocycles. The Kier molecular flexibility index (Phi) is 14.1. The molecular formula is H2AlO8PS. The maximum absolute atomic E-state index is 8.66. The predicted molar refractivity (Wildman–Crippen MR) is 28.7 cm³/mol. The van der Waals surface area contributed by atoms with Crippen molar-refractivity contribution in [3.8, 4) is 0 Å². The average molecular weight is 220 g/mol. The third kappa shape index (κ3) is 112. The van der Waals surface area contributed by atoms with E-state index in [1.807, 2.05) is 0 Å². The van der Waals surface area contributed by atoms with Crippen molar-refractivity contribution in [2.75, 3.05) is 0 Å². The van der Waals surface area contributed by atoms with Crippen molar-refractivity contribution in [2.24, 2.45) is 0 Å². The molecule has 0 aliphatic heterocycles. The molecule has 0 atom stereocenters. The van der Waals surface area contributed by atoms with Gasteiger partial charge in [-0.1, -0.05) is 0 Å². The Hall–Kier alpha value is 0.672. The first-order valence-electron chi connectivity index (χ1n) is 1.42. The molecule has 0 unspecified atom stereocenters. The van der Waals surface area contributed by atoms with E-state index >= 15 is 0 Å². The minimum absolute atomic E-state index is 0. The molecule has 0 saturated carbocycles. The van der Waals surface area contributed by atoms with E-state index in [2.05, 4.69) is 4.67 Å². The average Bonchev–Trinajstić information content (AvgIpc) is 1.61. The van der Waals surface area contributed by atoms with E-state index in [1.165, 1.54) is 0 Å². The zero-order valence-corrected chi connectivity index (χ0v) is 7.64. The third-order valence-corrected chi connectivity index (χ3v) is 0.200. The Morgan fingerprint density at radius 2 is 1.36 bits per heavy atom. The van der Waals surface area contributed by atoms with Crippen LogP contribution in [-0.4, -0.2) is 44.7 Å². The molecule has 0 amide bonds. The molecule has 0 radical (unpaired) electrons. The molecule has 0 rings (SSSR count). The van der Waals surface area contributed by atoms with Crippen LogP contribution >= 0.6 is 8.60 Å². The summed E-state index contributed by atoms with van der Waals surface area (Å²) >= 11 is 0. The first-order chi connectivity index (χ1) is 4.27. The second kappa shape index (κ2) is 8.77. The van der Waals surface area contributed by atoms with Gasteiger partial charge in [0.2, 0.25) is 0 Å². The molecule has 11 heteroatoms. The topological polar surface area (TPSA) is 153 Å². The van der Waals surface area contributed by atoms with Crippen molar-refractivity contribution in [1.82, 2.24) is 0 Å². The van der Waals surface area contributed by atoms with E-state index < -0.39 is 19.0 Å². The molecular weight excluding hydrogens is 218 g/mol. The van der Waals surface area contributed by atoms with Gasteiger partial charge in [0.15, 0.2) is 0 Å². The van der Waals surface area contributed by atoms with Crippen LogP contribution in [0.15, 0.2) is 0 Å². The fraction of sp³-hybridized carbons (Fsp3) is 0. The molecule has 11 heavy (non-hydrogen) atoms. The monoisotopic (exact) mass is 220 g/mol. The van der Waals surface area contributed by atoms with Gasteiger partial charge in [-0.15, -0.1) is 0 Å². The molecule has 2 N–H and O–H groups in total. The van der Waals surface area contributed by atoms with Gasteiger partial charge in [-0.3, -0.25) is 8.42 Å². The molecule has 8 nitrogen and oxygen atoms in total. The van der Waals surface area contributed by atoms with Crippen LogP contribution in [0.1, 0.15) is 0 Å². The second-order valence-electron chi connectivity index (χ2n) is 0.736. The number of hydrogen-bond acceptors (Lipinski definition) is 8. The summed E-state index contributed by atoms with van der Waals surface area (Å²) in [5.74, 6) is 0. The van der Waals surface area contributed by atoms with Crippen molar-refractivity contribution < 1.29 is 37.2 Å². The van der Waals surface area contributed by atoms with Crippen molar-refractivity contribution in [3.05, 3.63) is 0 Å². The molecule has 64 valence electrons. The Bertz CT molecular complexity index is 139. The summed E-state index contributed by atoms with van der Waals surface area (Å²) in [6.45, 7) is 0. The zero-order valence-electron chi connectivity index (χ0n) is 4.78. The van der Waals surface area contributed by atoms with Crippen LogP contribution in [0.4, 0.5) is 0 Å². The molecule has 0 bridgehead atoms. The van der Waals surface area contributed by atoms with E-state index in [0.717, 1.165) is 0 Å². The summed E-state index contributed by atoms with van der Waals surface area (Å²) in [5, 5.41) is 8.66. The molecule has 0 fully saturated rings. The molecule has 0 aromatic carbocycles. The van der Waals surface area contributed by atoms with Gasteiger partial charge in [-0.2, -0.15) is 0 Å². The van der Waals surface area contributed by atoms with Gasteiger partial charge >= 0.3 is 26.0 Å². The Balaban J connectivity index is -0.000000107. The Morgan fingerprint density at radius 1 is 1.27 bits per heavy atom. The van der Waals surface area contributed by atoms with Gasteiger partial charge in [-0.05, 0) is 0 Å². The second-order valence-corrected chi connectivity index (χ2v) is 2.21. The molecule has 0 aliphatic rings. The van der Waals surface area contributed by atoms with Crippen LogP contribution in [0, 0.1) is 0 Å². The van der Waals surface area contributed by atoms with E-state index in [0.29, 0.717) is 0 Å². The van der Waals surface area contributed by atoms with Gasteiger partial charge in [0.05, 0.1) is 0 Å². The van der Waals surface area contributed by atoms with Gasteiger partial charge < -0.3 is 28.8 Å². The molecule has 0 spiro atoms. The van der Waals surface area contributed by atoms with Crippen LogP contribution in [0.2, 0.25) is 0 Å². The quantitative estimate of drug-likeness (QED) is 0.117. The summed E-state index contributed by atoms with van der Waals surface area (Å²) in [7, 11) is -7.82. The minimum Gasteiger partial charge on any atom is -0.759 e. The Morgan fingerprint density at radius 3 is 1.36 bits per heavy atom. The first kappa shape index (κ1) is 17.7. The Labute approximate surface area is 74.1 Å². The fourth-order valence-corrected chi connectivity index (χ4v) is 0. The summed E-state index contributed by atoms with van der Waals surface area (Å²) < 4.78 is 36.8. The van der Waals surface area contributed by atoms with Crippen molar-refractivity contribution in [1.29, 1.82) is 0 Å². The fourth-order valence-electron chi connectivity index (χ4n) is 0. The van der Waals surface area contributed by atoms with Crippen LogP contribution in [-0.2, 0) is 15.1 Å².